The predicted molar refractivity (Wildman–Crippen MR) is 58.5 cm³/mol. The fourth-order valence-electron chi connectivity index (χ4n) is 0.451. The number of carboxylic acids is 3. The number of aliphatic carboxylic acids is 3. The number of rotatable bonds is 8. The Hall–Kier alpha value is -1.65. The quantitative estimate of drug-likeness (QED) is 0.400. The van der Waals surface area contributed by atoms with Gasteiger partial charge in [-0.3, -0.25) is 4.79 Å². The van der Waals surface area contributed by atoms with Crippen LogP contribution in [0.3, 0.4) is 0 Å². The Morgan fingerprint density at radius 2 is 1.00 bits per heavy atom. The summed E-state index contributed by atoms with van der Waals surface area (Å²) < 4.78 is 8.49. The third kappa shape index (κ3) is 23.9. The molecule has 0 aliphatic carbocycles. The Bertz CT molecular complexity index is 243. The fraction of sp³-hybridized carbons (Fsp3) is 0.500. The number of thiol groups is 1. The lowest BCUT2D eigenvalue weighted by molar-refractivity contribution is -0.148. The molecule has 0 radical (unpaired) electrons. The number of carbonyl (C=O) groups excluding carboxylic acids is 1. The summed E-state index contributed by atoms with van der Waals surface area (Å²) >= 11 is 3.34. The molecule has 3 N–H and O–H groups in total. The van der Waals surface area contributed by atoms with Gasteiger partial charge in [-0.2, -0.15) is 0 Å². The van der Waals surface area contributed by atoms with E-state index in [-0.39, 0.29) is 6.61 Å². The van der Waals surface area contributed by atoms with Gasteiger partial charge in [-0.1, -0.05) is 0 Å². The van der Waals surface area contributed by atoms with Crippen molar-refractivity contribution in [3.8, 4) is 0 Å². The minimum absolute atomic E-state index is 0.255. The SMILES string of the molecule is O=C(O)COCC(=O)O.O=C(O)COCC(=O)S. The van der Waals surface area contributed by atoms with Crippen molar-refractivity contribution in [3.63, 3.8) is 0 Å². The summed E-state index contributed by atoms with van der Waals surface area (Å²) in [5.41, 5.74) is 0. The molecule has 0 fully saturated rings. The van der Waals surface area contributed by atoms with Crippen LogP contribution in [0, 0.1) is 0 Å². The first-order chi connectivity index (χ1) is 8.25. The highest BCUT2D eigenvalue weighted by Gasteiger charge is 1.99. The molecular formula is C8H12O9S. The first-order valence-electron chi connectivity index (χ1n) is 4.28. The van der Waals surface area contributed by atoms with Crippen LogP contribution < -0.4 is 0 Å². The maximum atomic E-state index is 9.97. The van der Waals surface area contributed by atoms with Gasteiger partial charge in [0.1, 0.15) is 26.4 Å². The van der Waals surface area contributed by atoms with Crippen molar-refractivity contribution in [1.29, 1.82) is 0 Å². The molecule has 0 aromatic rings. The van der Waals surface area contributed by atoms with Crippen LogP contribution in [0.25, 0.3) is 0 Å². The molecule has 0 amide bonds. The average molecular weight is 284 g/mol. The molecule has 0 rings (SSSR count). The van der Waals surface area contributed by atoms with Crippen LogP contribution >= 0.6 is 12.6 Å². The van der Waals surface area contributed by atoms with Crippen molar-refractivity contribution in [2.45, 2.75) is 0 Å². The van der Waals surface area contributed by atoms with Crippen molar-refractivity contribution in [2.75, 3.05) is 26.4 Å². The molecular weight excluding hydrogens is 272 g/mol. The lowest BCUT2D eigenvalue weighted by Crippen LogP contribution is -2.13. The van der Waals surface area contributed by atoms with Crippen molar-refractivity contribution in [1.82, 2.24) is 0 Å². The summed E-state index contributed by atoms with van der Waals surface area (Å²) in [6.07, 6.45) is 0. The van der Waals surface area contributed by atoms with E-state index < -0.39 is 42.8 Å². The molecule has 0 aliphatic rings. The molecule has 0 unspecified atom stereocenters. The molecule has 0 heterocycles. The smallest absolute Gasteiger partial charge is 0.329 e. The molecule has 0 aliphatic heterocycles. The summed E-state index contributed by atoms with van der Waals surface area (Å²) in [4.78, 5) is 39.0. The van der Waals surface area contributed by atoms with Crippen LogP contribution in [0.2, 0.25) is 0 Å². The summed E-state index contributed by atoms with van der Waals surface area (Å²) in [7, 11) is 0. The number of carboxylic acid groups (broad SMARTS) is 3. The van der Waals surface area contributed by atoms with Crippen LogP contribution in [-0.2, 0) is 28.7 Å². The van der Waals surface area contributed by atoms with Crippen molar-refractivity contribution < 1.29 is 44.0 Å². The van der Waals surface area contributed by atoms with Gasteiger partial charge < -0.3 is 24.8 Å². The van der Waals surface area contributed by atoms with Gasteiger partial charge in [-0.25, -0.2) is 14.4 Å². The Balaban J connectivity index is 0. The number of hydrogen-bond acceptors (Lipinski definition) is 6. The minimum atomic E-state index is -1.17. The minimum Gasteiger partial charge on any atom is -0.480 e. The van der Waals surface area contributed by atoms with E-state index in [0.29, 0.717) is 0 Å². The monoisotopic (exact) mass is 284 g/mol. The number of ether oxygens (including phenoxy) is 2. The normalized spacial score (nSPS) is 8.94. The van der Waals surface area contributed by atoms with Crippen LogP contribution in [0.1, 0.15) is 0 Å². The summed E-state index contributed by atoms with van der Waals surface area (Å²) in [5, 5.41) is 23.3. The molecule has 0 aromatic heterocycles. The highest BCUT2D eigenvalue weighted by atomic mass is 32.1. The summed E-state index contributed by atoms with van der Waals surface area (Å²) in [6, 6.07) is 0. The lowest BCUT2D eigenvalue weighted by Gasteiger charge is -1.93. The number of hydrogen-bond donors (Lipinski definition) is 4. The standard InChI is InChI=1S/C4H6O5.C4H6O4S/c5-3(6)1-9-2-4(7)8;5-3(6)1-8-2-4(7)9/h1-2H2,(H,5,6)(H,7,8);1-2H2,(H,5,6)(H,7,9). The Kier molecular flexibility index (Phi) is 12.3. The summed E-state index contributed by atoms with van der Waals surface area (Å²) in [6.45, 7) is -1.83. The van der Waals surface area contributed by atoms with Gasteiger partial charge in [-0.15, -0.1) is 12.6 Å². The van der Waals surface area contributed by atoms with Gasteiger partial charge in [-0.05, 0) is 0 Å². The Morgan fingerprint density at radius 1 is 0.722 bits per heavy atom. The molecule has 0 spiro atoms. The zero-order valence-corrected chi connectivity index (χ0v) is 9.96. The van der Waals surface area contributed by atoms with Crippen LogP contribution in [-0.4, -0.2) is 64.8 Å². The van der Waals surface area contributed by atoms with E-state index in [0.717, 1.165) is 0 Å². The molecule has 9 nitrogen and oxygen atoms in total. The van der Waals surface area contributed by atoms with Crippen molar-refractivity contribution in [2.24, 2.45) is 0 Å². The van der Waals surface area contributed by atoms with E-state index in [2.05, 4.69) is 22.1 Å². The zero-order valence-electron chi connectivity index (χ0n) is 9.07. The van der Waals surface area contributed by atoms with Crippen LogP contribution in [0.5, 0.6) is 0 Å². The van der Waals surface area contributed by atoms with Crippen molar-refractivity contribution >= 4 is 35.7 Å². The van der Waals surface area contributed by atoms with Gasteiger partial charge in [0.05, 0.1) is 0 Å². The van der Waals surface area contributed by atoms with Gasteiger partial charge in [0, 0.05) is 0 Å². The second-order valence-corrected chi connectivity index (χ2v) is 3.06. The molecule has 0 bridgehead atoms. The first kappa shape index (κ1) is 18.7. The molecule has 0 saturated carbocycles. The molecule has 18 heavy (non-hydrogen) atoms. The molecule has 10 heteroatoms. The second kappa shape index (κ2) is 11.8. The topological polar surface area (TPSA) is 147 Å². The van der Waals surface area contributed by atoms with Crippen LogP contribution in [0.4, 0.5) is 0 Å². The van der Waals surface area contributed by atoms with E-state index in [1.54, 1.807) is 0 Å². The molecule has 0 atom stereocenters. The van der Waals surface area contributed by atoms with E-state index in [9.17, 15) is 19.2 Å². The molecule has 0 aromatic carbocycles. The predicted octanol–water partition coefficient (Wildman–Crippen LogP) is -1.28. The van der Waals surface area contributed by atoms with E-state index in [1.807, 2.05) is 0 Å². The van der Waals surface area contributed by atoms with E-state index in [4.69, 9.17) is 15.3 Å². The molecule has 104 valence electrons. The maximum Gasteiger partial charge on any atom is 0.329 e. The number of carbonyl (C=O) groups is 4. The zero-order chi connectivity index (χ0) is 14.6. The lowest BCUT2D eigenvalue weighted by atomic mass is 10.7. The van der Waals surface area contributed by atoms with E-state index >= 15 is 0 Å². The second-order valence-electron chi connectivity index (χ2n) is 2.56. The Morgan fingerprint density at radius 3 is 1.22 bits per heavy atom. The molecule has 0 saturated heterocycles. The van der Waals surface area contributed by atoms with Gasteiger partial charge in [0.25, 0.3) is 0 Å². The highest BCUT2D eigenvalue weighted by molar-refractivity contribution is 7.96. The average Bonchev–Trinajstić information content (AvgIpc) is 2.15. The van der Waals surface area contributed by atoms with E-state index in [1.165, 1.54) is 0 Å². The largest absolute Gasteiger partial charge is 0.480 e. The van der Waals surface area contributed by atoms with Gasteiger partial charge in [0.15, 0.2) is 0 Å². The first-order valence-corrected chi connectivity index (χ1v) is 4.73. The van der Waals surface area contributed by atoms with Crippen molar-refractivity contribution in [3.05, 3.63) is 0 Å². The van der Waals surface area contributed by atoms with Gasteiger partial charge >= 0.3 is 17.9 Å². The summed E-state index contributed by atoms with van der Waals surface area (Å²) in [5.74, 6) is -3.43. The Labute approximate surface area is 107 Å². The third-order valence-corrected chi connectivity index (χ3v) is 1.03. The highest BCUT2D eigenvalue weighted by Crippen LogP contribution is 1.80. The van der Waals surface area contributed by atoms with Gasteiger partial charge in [0.2, 0.25) is 5.12 Å². The third-order valence-electron chi connectivity index (χ3n) is 0.902. The maximum absolute atomic E-state index is 9.97. The van der Waals surface area contributed by atoms with Crippen LogP contribution in [0.15, 0.2) is 0 Å². The fourth-order valence-corrected chi connectivity index (χ4v) is 0.543.